The summed E-state index contributed by atoms with van der Waals surface area (Å²) in [5.74, 6) is 0. The number of nitrogens with zero attached hydrogens (tertiary/aromatic N) is 1. The number of hydrogen-bond acceptors (Lipinski definition) is 3. The zero-order chi connectivity index (χ0) is 7.23. The van der Waals surface area contributed by atoms with Crippen LogP contribution in [0.25, 0.3) is 0 Å². The normalized spacial score (nSPS) is 21.3. The maximum absolute atomic E-state index is 3.94. The van der Waals surface area contributed by atoms with Gasteiger partial charge in [-0.05, 0) is 25.9 Å². The molecule has 0 aliphatic carbocycles. The van der Waals surface area contributed by atoms with E-state index in [4.69, 9.17) is 0 Å². The molecule has 60 valence electrons. The zero-order valence-corrected chi connectivity index (χ0v) is 7.24. The summed E-state index contributed by atoms with van der Waals surface area (Å²) in [6.07, 6.45) is 4.18. The van der Waals surface area contributed by atoms with Gasteiger partial charge >= 0.3 is 0 Å². The number of hydrogen-bond donors (Lipinski definition) is 2. The molecular weight excluding hydrogens is 144 g/mol. The first-order chi connectivity index (χ1) is 4.93. The van der Waals surface area contributed by atoms with Crippen molar-refractivity contribution in [3.8, 4) is 0 Å². The van der Waals surface area contributed by atoms with Crippen LogP contribution in [0.15, 0.2) is 0 Å². The number of likely N-dealkylation sites (tertiary alicyclic amines) is 1. The first-order valence-electron chi connectivity index (χ1n) is 4.03. The van der Waals surface area contributed by atoms with Crippen LogP contribution in [0, 0.1) is 0 Å². The molecule has 0 spiro atoms. The van der Waals surface area contributed by atoms with Crippen LogP contribution in [0.4, 0.5) is 0 Å². The third kappa shape index (κ3) is 2.90. The molecule has 0 aromatic heterocycles. The minimum atomic E-state index is 1.00. The summed E-state index contributed by atoms with van der Waals surface area (Å²) < 4.78 is 2.87. The van der Waals surface area contributed by atoms with E-state index in [1.54, 1.807) is 0 Å². The first-order valence-corrected chi connectivity index (χ1v) is 4.47. The van der Waals surface area contributed by atoms with Crippen molar-refractivity contribution in [1.82, 2.24) is 9.62 Å². The second kappa shape index (κ2) is 4.99. The van der Waals surface area contributed by atoms with Crippen molar-refractivity contribution in [2.24, 2.45) is 0 Å². The third-order valence-corrected chi connectivity index (χ3v) is 2.21. The van der Waals surface area contributed by atoms with Crippen molar-refractivity contribution >= 4 is 12.8 Å². The topological polar surface area (TPSA) is 15.3 Å². The summed E-state index contributed by atoms with van der Waals surface area (Å²) in [5.41, 5.74) is 0. The van der Waals surface area contributed by atoms with Gasteiger partial charge in [-0.2, -0.15) is 0 Å². The van der Waals surface area contributed by atoms with E-state index in [2.05, 4.69) is 22.4 Å². The van der Waals surface area contributed by atoms with E-state index in [0.29, 0.717) is 0 Å². The van der Waals surface area contributed by atoms with Crippen LogP contribution in [0.1, 0.15) is 19.3 Å². The van der Waals surface area contributed by atoms with E-state index in [9.17, 15) is 0 Å². The molecule has 1 N–H and O–H groups in total. The molecular formula is C7H16N2S. The van der Waals surface area contributed by atoms with Gasteiger partial charge in [0, 0.05) is 13.1 Å². The Hall–Kier alpha value is 0.270. The van der Waals surface area contributed by atoms with E-state index in [1.807, 2.05) is 0 Å². The molecule has 1 fully saturated rings. The maximum Gasteiger partial charge on any atom is 0.0184 e. The molecule has 1 aliphatic heterocycles. The zero-order valence-electron chi connectivity index (χ0n) is 6.34. The van der Waals surface area contributed by atoms with Crippen LogP contribution in [0.5, 0.6) is 0 Å². The molecule has 1 saturated heterocycles. The van der Waals surface area contributed by atoms with Crippen molar-refractivity contribution in [3.05, 3.63) is 0 Å². The predicted molar refractivity (Wildman–Crippen MR) is 47.3 cm³/mol. The van der Waals surface area contributed by atoms with Crippen molar-refractivity contribution in [2.45, 2.75) is 19.3 Å². The highest BCUT2D eigenvalue weighted by molar-refractivity contribution is 7.78. The molecule has 0 saturated carbocycles. The highest BCUT2D eigenvalue weighted by Crippen LogP contribution is 2.06. The first kappa shape index (κ1) is 8.37. The van der Waals surface area contributed by atoms with Gasteiger partial charge in [-0.1, -0.05) is 19.2 Å². The molecule has 0 unspecified atom stereocenters. The second-order valence-corrected chi connectivity index (χ2v) is 3.13. The lowest BCUT2D eigenvalue weighted by Gasteiger charge is -2.25. The highest BCUT2D eigenvalue weighted by Gasteiger charge is 2.07. The van der Waals surface area contributed by atoms with Gasteiger partial charge in [-0.15, -0.1) is 0 Å². The van der Waals surface area contributed by atoms with Crippen LogP contribution in [0.3, 0.4) is 0 Å². The Morgan fingerprint density at radius 2 is 1.90 bits per heavy atom. The average Bonchev–Trinajstić information content (AvgIpc) is 2.03. The average molecular weight is 160 g/mol. The largest absolute Gasteiger partial charge is 0.302 e. The van der Waals surface area contributed by atoms with Gasteiger partial charge in [0.25, 0.3) is 0 Å². The lowest BCUT2D eigenvalue weighted by atomic mass is 10.1. The summed E-state index contributed by atoms with van der Waals surface area (Å²) in [6.45, 7) is 4.73. The van der Waals surface area contributed by atoms with E-state index >= 15 is 0 Å². The van der Waals surface area contributed by atoms with Gasteiger partial charge in [-0.3, -0.25) is 4.72 Å². The quantitative estimate of drug-likeness (QED) is 0.597. The maximum atomic E-state index is 3.94. The molecule has 0 atom stereocenters. The van der Waals surface area contributed by atoms with Crippen LogP contribution in [-0.4, -0.2) is 31.1 Å². The van der Waals surface area contributed by atoms with Crippen molar-refractivity contribution < 1.29 is 0 Å². The predicted octanol–water partition coefficient (Wildman–Crippen LogP) is 0.907. The molecule has 10 heavy (non-hydrogen) atoms. The van der Waals surface area contributed by atoms with Crippen LogP contribution in [-0.2, 0) is 0 Å². The number of rotatable bonds is 3. The van der Waals surface area contributed by atoms with E-state index in [-0.39, 0.29) is 0 Å². The molecule has 1 rings (SSSR count). The minimum absolute atomic E-state index is 1.00. The van der Waals surface area contributed by atoms with Crippen LogP contribution < -0.4 is 4.72 Å². The SMILES string of the molecule is SNCCN1CCCCC1. The van der Waals surface area contributed by atoms with Crippen molar-refractivity contribution in [2.75, 3.05) is 26.2 Å². The number of nitrogens with one attached hydrogen (secondary N) is 1. The Kier molecular flexibility index (Phi) is 4.18. The van der Waals surface area contributed by atoms with Crippen LogP contribution in [0.2, 0.25) is 0 Å². The minimum Gasteiger partial charge on any atom is -0.302 e. The molecule has 0 aromatic carbocycles. The summed E-state index contributed by atoms with van der Waals surface area (Å²) in [6, 6.07) is 0. The van der Waals surface area contributed by atoms with Gasteiger partial charge in [0.1, 0.15) is 0 Å². The standard InChI is InChI=1S/C7H16N2S/c10-8-4-7-9-5-2-1-3-6-9/h8,10H,1-7H2. The Morgan fingerprint density at radius 1 is 1.20 bits per heavy atom. The van der Waals surface area contributed by atoms with Gasteiger partial charge in [-0.25, -0.2) is 0 Å². The lowest BCUT2D eigenvalue weighted by Crippen LogP contribution is -2.34. The lowest BCUT2D eigenvalue weighted by molar-refractivity contribution is 0.233. The van der Waals surface area contributed by atoms with E-state index in [1.165, 1.54) is 32.4 Å². The fourth-order valence-corrected chi connectivity index (χ4v) is 1.49. The van der Waals surface area contributed by atoms with Crippen molar-refractivity contribution in [1.29, 1.82) is 0 Å². The molecule has 0 amide bonds. The fraction of sp³-hybridized carbons (Fsp3) is 1.00. The molecule has 0 radical (unpaired) electrons. The molecule has 1 heterocycles. The van der Waals surface area contributed by atoms with Gasteiger partial charge in [0.2, 0.25) is 0 Å². The van der Waals surface area contributed by atoms with E-state index in [0.717, 1.165) is 13.1 Å². The Labute approximate surface area is 68.5 Å². The third-order valence-electron chi connectivity index (χ3n) is 1.99. The van der Waals surface area contributed by atoms with E-state index < -0.39 is 0 Å². The van der Waals surface area contributed by atoms with Gasteiger partial charge < -0.3 is 4.90 Å². The molecule has 3 heteroatoms. The number of piperidine rings is 1. The fourth-order valence-electron chi connectivity index (χ4n) is 1.39. The monoisotopic (exact) mass is 160 g/mol. The second-order valence-electron chi connectivity index (χ2n) is 2.81. The summed E-state index contributed by atoms with van der Waals surface area (Å²) in [5, 5.41) is 0. The summed E-state index contributed by atoms with van der Waals surface area (Å²) >= 11 is 3.94. The number of thiol groups is 1. The smallest absolute Gasteiger partial charge is 0.0184 e. The van der Waals surface area contributed by atoms with Crippen LogP contribution >= 0.6 is 12.8 Å². The highest BCUT2D eigenvalue weighted by atomic mass is 32.1. The van der Waals surface area contributed by atoms with Crippen molar-refractivity contribution in [3.63, 3.8) is 0 Å². The molecule has 0 aromatic rings. The van der Waals surface area contributed by atoms with Gasteiger partial charge in [0.15, 0.2) is 0 Å². The van der Waals surface area contributed by atoms with Gasteiger partial charge in [0.05, 0.1) is 0 Å². The molecule has 2 nitrogen and oxygen atoms in total. The molecule has 0 bridgehead atoms. The Morgan fingerprint density at radius 3 is 2.50 bits per heavy atom. The Bertz CT molecular complexity index is 81.7. The summed E-state index contributed by atoms with van der Waals surface area (Å²) in [7, 11) is 0. The molecule has 1 aliphatic rings. The Balaban J connectivity index is 2.02. The summed E-state index contributed by atoms with van der Waals surface area (Å²) in [4.78, 5) is 2.49.